The van der Waals surface area contributed by atoms with Crippen LogP contribution in [0.2, 0.25) is 0 Å². The van der Waals surface area contributed by atoms with E-state index >= 15 is 0 Å². The Labute approximate surface area is 173 Å². The summed E-state index contributed by atoms with van der Waals surface area (Å²) in [5.41, 5.74) is 0.142. The highest BCUT2D eigenvalue weighted by atomic mass is 32.1. The highest BCUT2D eigenvalue weighted by Crippen LogP contribution is 2.25. The van der Waals surface area contributed by atoms with E-state index in [2.05, 4.69) is 5.32 Å². The summed E-state index contributed by atoms with van der Waals surface area (Å²) < 4.78 is 2.34. The maximum Gasteiger partial charge on any atom is 0.274 e. The SMILES string of the molecule is CCCN(CCC)C(=O)c1cc(NC(=O)c2cc3ccccc3s2)c(=O)n(C)c1. The monoisotopic (exact) mass is 411 g/mol. The molecular weight excluding hydrogens is 386 g/mol. The smallest absolute Gasteiger partial charge is 0.274 e. The molecule has 2 aromatic heterocycles. The van der Waals surface area contributed by atoms with Gasteiger partial charge in [0, 0.05) is 31.0 Å². The van der Waals surface area contributed by atoms with E-state index in [1.807, 2.05) is 38.1 Å². The highest BCUT2D eigenvalue weighted by molar-refractivity contribution is 7.20. The van der Waals surface area contributed by atoms with Crippen molar-refractivity contribution in [1.82, 2.24) is 9.47 Å². The molecule has 6 nitrogen and oxygen atoms in total. The van der Waals surface area contributed by atoms with Crippen molar-refractivity contribution in [3.05, 3.63) is 63.4 Å². The van der Waals surface area contributed by atoms with Crippen molar-refractivity contribution in [1.29, 1.82) is 0 Å². The summed E-state index contributed by atoms with van der Waals surface area (Å²) in [6, 6.07) is 11.0. The molecule has 3 aromatic rings. The predicted molar refractivity (Wildman–Crippen MR) is 118 cm³/mol. The first-order valence-corrected chi connectivity index (χ1v) is 10.6. The maximum absolute atomic E-state index is 12.9. The average molecular weight is 412 g/mol. The van der Waals surface area contributed by atoms with Crippen LogP contribution in [0.15, 0.2) is 47.4 Å². The number of carbonyl (C=O) groups is 2. The third-order valence-corrected chi connectivity index (χ3v) is 5.72. The van der Waals surface area contributed by atoms with Gasteiger partial charge in [0.2, 0.25) is 0 Å². The number of amides is 2. The summed E-state index contributed by atoms with van der Waals surface area (Å²) in [5, 5.41) is 3.67. The minimum atomic E-state index is -0.355. The number of anilines is 1. The topological polar surface area (TPSA) is 71.4 Å². The fourth-order valence-electron chi connectivity index (χ4n) is 3.23. The summed E-state index contributed by atoms with van der Waals surface area (Å²) in [6.07, 6.45) is 3.23. The van der Waals surface area contributed by atoms with Gasteiger partial charge in [0.05, 0.1) is 10.4 Å². The molecule has 0 aliphatic rings. The number of carbonyl (C=O) groups excluding carboxylic acids is 2. The Balaban J connectivity index is 1.89. The maximum atomic E-state index is 12.9. The second-order valence-electron chi connectivity index (χ2n) is 6.95. The van der Waals surface area contributed by atoms with Gasteiger partial charge >= 0.3 is 0 Å². The molecule has 0 spiro atoms. The Morgan fingerprint density at radius 3 is 2.45 bits per heavy atom. The lowest BCUT2D eigenvalue weighted by Gasteiger charge is -2.22. The summed E-state index contributed by atoms with van der Waals surface area (Å²) in [5.74, 6) is -0.492. The molecule has 0 unspecified atom stereocenters. The molecule has 0 aliphatic heterocycles. The molecule has 3 rings (SSSR count). The number of nitrogens with zero attached hydrogens (tertiary/aromatic N) is 2. The fourth-order valence-corrected chi connectivity index (χ4v) is 4.19. The first-order chi connectivity index (χ1) is 13.9. The molecule has 7 heteroatoms. The van der Waals surface area contributed by atoms with Gasteiger partial charge in [-0.15, -0.1) is 11.3 Å². The largest absolute Gasteiger partial charge is 0.339 e. The predicted octanol–water partition coefficient (Wildman–Crippen LogP) is 4.11. The van der Waals surface area contributed by atoms with Gasteiger partial charge in [-0.05, 0) is 36.4 Å². The lowest BCUT2D eigenvalue weighted by Crippen LogP contribution is -2.34. The van der Waals surface area contributed by atoms with Crippen LogP contribution in [0.25, 0.3) is 10.1 Å². The van der Waals surface area contributed by atoms with Crippen LogP contribution in [0.1, 0.15) is 46.7 Å². The quantitative estimate of drug-likeness (QED) is 0.636. The zero-order chi connectivity index (χ0) is 21.0. The van der Waals surface area contributed by atoms with E-state index < -0.39 is 0 Å². The molecule has 2 amide bonds. The molecule has 1 N–H and O–H groups in total. The molecule has 0 atom stereocenters. The number of pyridine rings is 1. The van der Waals surface area contributed by atoms with Crippen molar-refractivity contribution >= 4 is 38.9 Å². The van der Waals surface area contributed by atoms with Crippen LogP contribution in [-0.2, 0) is 7.05 Å². The molecule has 0 radical (unpaired) electrons. The second-order valence-corrected chi connectivity index (χ2v) is 8.04. The number of hydrogen-bond donors (Lipinski definition) is 1. The van der Waals surface area contributed by atoms with Gasteiger partial charge in [-0.3, -0.25) is 14.4 Å². The van der Waals surface area contributed by atoms with Crippen molar-refractivity contribution in [3.63, 3.8) is 0 Å². The van der Waals surface area contributed by atoms with E-state index in [9.17, 15) is 14.4 Å². The second kappa shape index (κ2) is 9.05. The van der Waals surface area contributed by atoms with Crippen molar-refractivity contribution in [2.24, 2.45) is 7.05 Å². The number of nitrogens with one attached hydrogen (secondary N) is 1. The summed E-state index contributed by atoms with van der Waals surface area (Å²) in [4.78, 5) is 40.5. The van der Waals surface area contributed by atoms with Gasteiger partial charge in [0.25, 0.3) is 17.4 Å². The van der Waals surface area contributed by atoms with E-state index in [0.717, 1.165) is 22.9 Å². The zero-order valence-electron chi connectivity index (χ0n) is 16.9. The average Bonchev–Trinajstić information content (AvgIpc) is 3.15. The minimum absolute atomic E-state index is 0.105. The number of fused-ring (bicyclic) bond motifs is 1. The molecular formula is C22H25N3O3S. The van der Waals surface area contributed by atoms with E-state index in [0.29, 0.717) is 23.5 Å². The Bertz CT molecular complexity index is 1060. The summed E-state index contributed by atoms with van der Waals surface area (Å²) in [7, 11) is 1.58. The normalized spacial score (nSPS) is 10.9. The fraction of sp³-hybridized carbons (Fsp3) is 0.318. The third kappa shape index (κ3) is 4.56. The number of hydrogen-bond acceptors (Lipinski definition) is 4. The first kappa shape index (κ1) is 20.8. The first-order valence-electron chi connectivity index (χ1n) is 9.74. The van der Waals surface area contributed by atoms with Gasteiger partial charge in [0.15, 0.2) is 0 Å². The molecule has 0 fully saturated rings. The molecule has 152 valence electrons. The van der Waals surface area contributed by atoms with Gasteiger partial charge in [-0.2, -0.15) is 0 Å². The van der Waals surface area contributed by atoms with Gasteiger partial charge in [-0.25, -0.2) is 0 Å². The van der Waals surface area contributed by atoms with E-state index in [-0.39, 0.29) is 23.1 Å². The molecule has 1 aromatic carbocycles. The lowest BCUT2D eigenvalue weighted by molar-refractivity contribution is 0.0754. The van der Waals surface area contributed by atoms with Crippen LogP contribution in [0.3, 0.4) is 0 Å². The number of aryl methyl sites for hydroxylation is 1. The highest BCUT2D eigenvalue weighted by Gasteiger charge is 2.19. The molecule has 0 saturated heterocycles. The molecule has 0 bridgehead atoms. The lowest BCUT2D eigenvalue weighted by atomic mass is 10.2. The van der Waals surface area contributed by atoms with Crippen molar-refractivity contribution in [3.8, 4) is 0 Å². The standard InChI is InChI=1S/C22H25N3O3S/c1-4-10-25(11-5-2)21(27)16-12-17(22(28)24(3)14-16)23-20(26)19-13-15-8-6-7-9-18(15)29-19/h6-9,12-14H,4-5,10-11H2,1-3H3,(H,23,26). The number of aromatic nitrogens is 1. The van der Waals surface area contributed by atoms with Crippen LogP contribution < -0.4 is 10.9 Å². The third-order valence-electron chi connectivity index (χ3n) is 4.60. The summed E-state index contributed by atoms with van der Waals surface area (Å²) in [6.45, 7) is 5.35. The molecule has 29 heavy (non-hydrogen) atoms. The number of rotatable bonds is 7. The zero-order valence-corrected chi connectivity index (χ0v) is 17.7. The van der Waals surface area contributed by atoms with Gasteiger partial charge < -0.3 is 14.8 Å². The van der Waals surface area contributed by atoms with Crippen LogP contribution >= 0.6 is 11.3 Å². The Morgan fingerprint density at radius 1 is 1.10 bits per heavy atom. The number of benzene rings is 1. The van der Waals surface area contributed by atoms with E-state index in [1.54, 1.807) is 18.0 Å². The van der Waals surface area contributed by atoms with Crippen LogP contribution in [0.4, 0.5) is 5.69 Å². The van der Waals surface area contributed by atoms with E-state index in [4.69, 9.17) is 0 Å². The van der Waals surface area contributed by atoms with Crippen LogP contribution in [-0.4, -0.2) is 34.4 Å². The van der Waals surface area contributed by atoms with Gasteiger partial charge in [-0.1, -0.05) is 32.0 Å². The Hall–Kier alpha value is -2.93. The molecule has 0 saturated carbocycles. The minimum Gasteiger partial charge on any atom is -0.339 e. The molecule has 2 heterocycles. The van der Waals surface area contributed by atoms with Crippen molar-refractivity contribution in [2.45, 2.75) is 26.7 Å². The van der Waals surface area contributed by atoms with Crippen molar-refractivity contribution in [2.75, 3.05) is 18.4 Å². The van der Waals surface area contributed by atoms with Crippen molar-refractivity contribution < 1.29 is 9.59 Å². The molecule has 0 aliphatic carbocycles. The van der Waals surface area contributed by atoms with E-state index in [1.165, 1.54) is 28.2 Å². The van der Waals surface area contributed by atoms with Crippen LogP contribution in [0, 0.1) is 0 Å². The van der Waals surface area contributed by atoms with Gasteiger partial charge in [0.1, 0.15) is 5.69 Å². The Kier molecular flexibility index (Phi) is 6.49. The van der Waals surface area contributed by atoms with Crippen LogP contribution in [0.5, 0.6) is 0 Å². The Morgan fingerprint density at radius 2 is 1.79 bits per heavy atom. The summed E-state index contributed by atoms with van der Waals surface area (Å²) >= 11 is 1.37. The number of thiophene rings is 1.